The largest absolute Gasteiger partial charge is 0.333 e. The van der Waals surface area contributed by atoms with Crippen LogP contribution in [0.25, 0.3) is 0 Å². The molecule has 0 bridgehead atoms. The molecule has 86 valence electrons. The molecule has 0 aliphatic heterocycles. The Morgan fingerprint density at radius 2 is 2.00 bits per heavy atom. The summed E-state index contributed by atoms with van der Waals surface area (Å²) in [6.45, 7) is 9.78. The lowest BCUT2D eigenvalue weighted by Gasteiger charge is -2.18. The third kappa shape index (κ3) is 3.34. The highest BCUT2D eigenvalue weighted by molar-refractivity contribution is 5.05. The molecule has 0 spiro atoms. The molecule has 0 aromatic carbocycles. The predicted octanol–water partition coefficient (Wildman–Crippen LogP) is 2.59. The predicted molar refractivity (Wildman–Crippen MR) is 63.4 cm³/mol. The number of imidazole rings is 1. The average Bonchev–Trinajstić information content (AvgIpc) is 2.60. The first kappa shape index (κ1) is 12.2. The van der Waals surface area contributed by atoms with Crippen LogP contribution in [0.3, 0.4) is 0 Å². The van der Waals surface area contributed by atoms with Gasteiger partial charge < -0.3 is 10.3 Å². The van der Waals surface area contributed by atoms with Crippen LogP contribution in [-0.2, 0) is 6.54 Å². The van der Waals surface area contributed by atoms with Gasteiger partial charge in [-0.1, -0.05) is 27.7 Å². The van der Waals surface area contributed by atoms with E-state index in [1.807, 2.05) is 12.5 Å². The fraction of sp³-hybridized carbons (Fsp3) is 0.750. The summed E-state index contributed by atoms with van der Waals surface area (Å²) in [7, 11) is 0. The van der Waals surface area contributed by atoms with Gasteiger partial charge in [-0.05, 0) is 18.3 Å². The van der Waals surface area contributed by atoms with Crippen LogP contribution in [-0.4, -0.2) is 9.55 Å². The van der Waals surface area contributed by atoms with Crippen molar-refractivity contribution in [2.75, 3.05) is 0 Å². The maximum absolute atomic E-state index is 6.13. The van der Waals surface area contributed by atoms with Crippen molar-refractivity contribution in [3.63, 3.8) is 0 Å². The first-order chi connectivity index (χ1) is 7.02. The van der Waals surface area contributed by atoms with Crippen LogP contribution in [0.15, 0.2) is 12.5 Å². The fourth-order valence-electron chi connectivity index (χ4n) is 1.53. The third-order valence-corrected chi connectivity index (χ3v) is 2.75. The summed E-state index contributed by atoms with van der Waals surface area (Å²) in [4.78, 5) is 4.19. The molecule has 0 aliphatic rings. The number of aromatic nitrogens is 2. The molecular weight excluding hydrogens is 186 g/mol. The Bertz CT molecular complexity index is 289. The summed E-state index contributed by atoms with van der Waals surface area (Å²) in [5.41, 5.74) is 7.29. The Morgan fingerprint density at radius 1 is 1.33 bits per heavy atom. The Morgan fingerprint density at radius 3 is 2.53 bits per heavy atom. The van der Waals surface area contributed by atoms with Gasteiger partial charge in [0.15, 0.2) is 0 Å². The molecule has 3 nitrogen and oxygen atoms in total. The van der Waals surface area contributed by atoms with Crippen molar-refractivity contribution in [2.24, 2.45) is 17.6 Å². The van der Waals surface area contributed by atoms with Crippen molar-refractivity contribution in [3.05, 3.63) is 18.2 Å². The van der Waals surface area contributed by atoms with Gasteiger partial charge in [0.1, 0.15) is 0 Å². The molecule has 1 rings (SSSR count). The minimum absolute atomic E-state index is 0.0969. The maximum Gasteiger partial charge on any atom is 0.0948 e. The lowest BCUT2D eigenvalue weighted by atomic mass is 10.0. The van der Waals surface area contributed by atoms with E-state index in [-0.39, 0.29) is 6.04 Å². The summed E-state index contributed by atoms with van der Waals surface area (Å²) in [5, 5.41) is 0. The monoisotopic (exact) mass is 209 g/mol. The van der Waals surface area contributed by atoms with E-state index in [2.05, 4.69) is 37.2 Å². The SMILES string of the molecule is CC(C)CCn1cncc1C(N)C(C)C. The molecule has 1 aromatic rings. The number of hydrogen-bond acceptors (Lipinski definition) is 2. The summed E-state index contributed by atoms with van der Waals surface area (Å²) in [5.74, 6) is 1.18. The van der Waals surface area contributed by atoms with Gasteiger partial charge in [0.2, 0.25) is 0 Å². The standard InChI is InChI=1S/C12H23N3/c1-9(2)5-6-15-8-14-7-11(15)12(13)10(3)4/h7-10,12H,5-6,13H2,1-4H3. The van der Waals surface area contributed by atoms with Gasteiger partial charge in [0, 0.05) is 18.8 Å². The van der Waals surface area contributed by atoms with Crippen LogP contribution in [0.4, 0.5) is 0 Å². The molecule has 1 aromatic heterocycles. The van der Waals surface area contributed by atoms with Crippen LogP contribution in [0, 0.1) is 11.8 Å². The molecule has 0 radical (unpaired) electrons. The van der Waals surface area contributed by atoms with Gasteiger partial charge in [0.05, 0.1) is 12.0 Å². The van der Waals surface area contributed by atoms with E-state index < -0.39 is 0 Å². The van der Waals surface area contributed by atoms with E-state index in [4.69, 9.17) is 5.73 Å². The van der Waals surface area contributed by atoms with Gasteiger partial charge in [0.25, 0.3) is 0 Å². The van der Waals surface area contributed by atoms with Crippen LogP contribution < -0.4 is 5.73 Å². The zero-order chi connectivity index (χ0) is 11.4. The smallest absolute Gasteiger partial charge is 0.0948 e. The second-order valence-electron chi connectivity index (χ2n) is 4.96. The van der Waals surface area contributed by atoms with Crippen LogP contribution in [0.2, 0.25) is 0 Å². The average molecular weight is 209 g/mol. The Balaban J connectivity index is 2.69. The zero-order valence-corrected chi connectivity index (χ0v) is 10.3. The fourth-order valence-corrected chi connectivity index (χ4v) is 1.53. The molecule has 1 heterocycles. The lowest BCUT2D eigenvalue weighted by molar-refractivity contribution is 0.453. The molecule has 2 N–H and O–H groups in total. The molecule has 0 amide bonds. The highest BCUT2D eigenvalue weighted by atomic mass is 15.1. The van der Waals surface area contributed by atoms with Gasteiger partial charge in [-0.2, -0.15) is 0 Å². The van der Waals surface area contributed by atoms with Crippen molar-refractivity contribution in [1.29, 1.82) is 0 Å². The van der Waals surface area contributed by atoms with Gasteiger partial charge in [-0.25, -0.2) is 4.98 Å². The van der Waals surface area contributed by atoms with E-state index in [1.54, 1.807) is 0 Å². The first-order valence-electron chi connectivity index (χ1n) is 5.78. The number of nitrogens with two attached hydrogens (primary N) is 1. The normalized spacial score (nSPS) is 13.8. The number of rotatable bonds is 5. The molecule has 0 saturated carbocycles. The quantitative estimate of drug-likeness (QED) is 0.810. The number of nitrogens with zero attached hydrogens (tertiary/aromatic N) is 2. The molecule has 1 atom stereocenters. The van der Waals surface area contributed by atoms with Gasteiger partial charge >= 0.3 is 0 Å². The minimum Gasteiger partial charge on any atom is -0.333 e. The van der Waals surface area contributed by atoms with E-state index in [9.17, 15) is 0 Å². The van der Waals surface area contributed by atoms with Gasteiger partial charge in [-0.15, -0.1) is 0 Å². The van der Waals surface area contributed by atoms with Crippen molar-refractivity contribution < 1.29 is 0 Å². The maximum atomic E-state index is 6.13. The second-order valence-corrected chi connectivity index (χ2v) is 4.96. The van der Waals surface area contributed by atoms with Gasteiger partial charge in [-0.3, -0.25) is 0 Å². The molecule has 3 heteroatoms. The number of aryl methyl sites for hydroxylation is 1. The molecule has 1 unspecified atom stereocenters. The van der Waals surface area contributed by atoms with Crippen LogP contribution in [0.1, 0.15) is 45.9 Å². The minimum atomic E-state index is 0.0969. The Kier molecular flexibility index (Phi) is 4.33. The summed E-state index contributed by atoms with van der Waals surface area (Å²) in [6.07, 6.45) is 4.96. The van der Waals surface area contributed by atoms with E-state index in [1.165, 1.54) is 6.42 Å². The van der Waals surface area contributed by atoms with E-state index in [0.717, 1.165) is 18.2 Å². The first-order valence-corrected chi connectivity index (χ1v) is 5.78. The molecule has 0 aliphatic carbocycles. The highest BCUT2D eigenvalue weighted by Crippen LogP contribution is 2.19. The van der Waals surface area contributed by atoms with E-state index >= 15 is 0 Å². The van der Waals surface area contributed by atoms with Crippen molar-refractivity contribution >= 4 is 0 Å². The summed E-state index contributed by atoms with van der Waals surface area (Å²) < 4.78 is 2.19. The van der Waals surface area contributed by atoms with E-state index in [0.29, 0.717) is 5.92 Å². The summed E-state index contributed by atoms with van der Waals surface area (Å²) in [6, 6.07) is 0.0969. The highest BCUT2D eigenvalue weighted by Gasteiger charge is 2.14. The molecule has 0 fully saturated rings. The van der Waals surface area contributed by atoms with Crippen LogP contribution >= 0.6 is 0 Å². The lowest BCUT2D eigenvalue weighted by Crippen LogP contribution is -2.20. The van der Waals surface area contributed by atoms with Crippen molar-refractivity contribution in [2.45, 2.75) is 46.7 Å². The van der Waals surface area contributed by atoms with Crippen molar-refractivity contribution in [3.8, 4) is 0 Å². The second kappa shape index (κ2) is 5.31. The Labute approximate surface area is 92.7 Å². The Hall–Kier alpha value is -0.830. The number of hydrogen-bond donors (Lipinski definition) is 1. The van der Waals surface area contributed by atoms with Crippen molar-refractivity contribution in [1.82, 2.24) is 9.55 Å². The third-order valence-electron chi connectivity index (χ3n) is 2.75. The van der Waals surface area contributed by atoms with Crippen LogP contribution in [0.5, 0.6) is 0 Å². The topological polar surface area (TPSA) is 43.8 Å². The molecule has 0 saturated heterocycles. The summed E-state index contributed by atoms with van der Waals surface area (Å²) >= 11 is 0. The zero-order valence-electron chi connectivity index (χ0n) is 10.3. The molecule has 15 heavy (non-hydrogen) atoms. The molecular formula is C12H23N3.